The van der Waals surface area contributed by atoms with Gasteiger partial charge in [0, 0.05) is 7.11 Å². The molecule has 0 aromatic heterocycles. The lowest BCUT2D eigenvalue weighted by molar-refractivity contribution is 0.374. The van der Waals surface area contributed by atoms with Crippen LogP contribution in [0.3, 0.4) is 0 Å². The third kappa shape index (κ3) is 15.3. The summed E-state index contributed by atoms with van der Waals surface area (Å²) in [5.74, 6) is 0. The number of rotatable bonds is 20. The first kappa shape index (κ1) is 26.2. The quantitative estimate of drug-likeness (QED) is 0.150. The highest BCUT2D eigenvalue weighted by atomic mass is 28.4. The molecular weight excluding hydrogens is 332 g/mol. The van der Waals surface area contributed by atoms with Gasteiger partial charge in [0.05, 0.1) is 0 Å². The second-order valence-corrected chi connectivity index (χ2v) is 13.5. The predicted octanol–water partition coefficient (Wildman–Crippen LogP) is 9.27. The number of hydrogen-bond donors (Lipinski definition) is 0. The number of unbranched alkanes of at least 4 members (excludes halogenated alkanes) is 14. The summed E-state index contributed by atoms with van der Waals surface area (Å²) >= 11 is 0. The maximum absolute atomic E-state index is 5.98. The van der Waals surface area contributed by atoms with Crippen LogP contribution in [0.1, 0.15) is 129 Å². The molecule has 0 fully saturated rings. The molecule has 0 N–H and O–H groups in total. The average molecular weight is 385 g/mol. The Labute approximate surface area is 168 Å². The van der Waals surface area contributed by atoms with Gasteiger partial charge in [-0.15, -0.1) is 0 Å². The molecule has 0 amide bonds. The van der Waals surface area contributed by atoms with Crippen LogP contribution in [-0.4, -0.2) is 15.4 Å². The van der Waals surface area contributed by atoms with Gasteiger partial charge in [0.1, 0.15) is 0 Å². The van der Waals surface area contributed by atoms with Crippen molar-refractivity contribution < 1.29 is 4.43 Å². The fourth-order valence-corrected chi connectivity index (χ4v) is 6.19. The van der Waals surface area contributed by atoms with Gasteiger partial charge in [0.2, 0.25) is 0 Å². The summed E-state index contributed by atoms with van der Waals surface area (Å²) in [4.78, 5) is 0. The van der Waals surface area contributed by atoms with Crippen molar-refractivity contribution in [2.75, 3.05) is 7.11 Å². The Kier molecular flexibility index (Phi) is 18.7. The van der Waals surface area contributed by atoms with Gasteiger partial charge in [-0.3, -0.25) is 0 Å². The van der Waals surface area contributed by atoms with Crippen LogP contribution in [0, 0.1) is 0 Å². The molecule has 0 saturated heterocycles. The first-order valence-corrected chi connectivity index (χ1v) is 15.1. The van der Waals surface area contributed by atoms with Gasteiger partial charge in [-0.05, 0) is 18.6 Å². The highest BCUT2D eigenvalue weighted by Gasteiger charge is 2.31. The van der Waals surface area contributed by atoms with Crippen molar-refractivity contribution in [3.8, 4) is 0 Å². The third-order valence-electron chi connectivity index (χ3n) is 6.32. The zero-order valence-corrected chi connectivity index (χ0v) is 20.2. The highest BCUT2D eigenvalue weighted by molar-refractivity contribution is 6.72. The molecular formula is C24H52OSi. The molecule has 158 valence electrons. The molecule has 0 unspecified atom stereocenters. The summed E-state index contributed by atoms with van der Waals surface area (Å²) < 4.78 is 5.98. The van der Waals surface area contributed by atoms with Crippen LogP contribution in [0.25, 0.3) is 0 Å². The fraction of sp³-hybridized carbons (Fsp3) is 1.00. The fourth-order valence-electron chi connectivity index (χ4n) is 4.06. The second kappa shape index (κ2) is 18.5. The van der Waals surface area contributed by atoms with Crippen molar-refractivity contribution in [1.29, 1.82) is 0 Å². The van der Waals surface area contributed by atoms with Crippen LogP contribution in [0.15, 0.2) is 0 Å². The van der Waals surface area contributed by atoms with E-state index in [1.54, 1.807) is 0 Å². The lowest BCUT2D eigenvalue weighted by Gasteiger charge is -2.31. The van der Waals surface area contributed by atoms with E-state index in [4.69, 9.17) is 4.43 Å². The average Bonchev–Trinajstić information content (AvgIpc) is 2.64. The van der Waals surface area contributed by atoms with Crippen LogP contribution in [0.4, 0.5) is 0 Å². The van der Waals surface area contributed by atoms with Crippen LogP contribution >= 0.6 is 0 Å². The molecule has 0 heterocycles. The molecule has 0 spiro atoms. The lowest BCUT2D eigenvalue weighted by Crippen LogP contribution is -2.35. The van der Waals surface area contributed by atoms with Gasteiger partial charge in [-0.25, -0.2) is 0 Å². The summed E-state index contributed by atoms with van der Waals surface area (Å²) in [6.07, 6.45) is 25.7. The summed E-state index contributed by atoms with van der Waals surface area (Å²) in [6, 6.07) is 0. The first-order chi connectivity index (χ1) is 12.6. The summed E-state index contributed by atoms with van der Waals surface area (Å²) in [6.45, 7) is 9.47. The van der Waals surface area contributed by atoms with Crippen molar-refractivity contribution in [2.24, 2.45) is 0 Å². The van der Waals surface area contributed by atoms with E-state index in [0.29, 0.717) is 0 Å². The molecule has 0 bridgehead atoms. The van der Waals surface area contributed by atoms with Gasteiger partial charge in [0.15, 0.2) is 8.32 Å². The lowest BCUT2D eigenvalue weighted by atomic mass is 10.0. The monoisotopic (exact) mass is 384 g/mol. The summed E-state index contributed by atoms with van der Waals surface area (Å²) in [5, 5.41) is 0. The van der Waals surface area contributed by atoms with Crippen LogP contribution < -0.4 is 0 Å². The summed E-state index contributed by atoms with van der Waals surface area (Å²) in [7, 11) is 0.480. The Morgan fingerprint density at radius 1 is 0.538 bits per heavy atom. The molecule has 0 aliphatic rings. The van der Waals surface area contributed by atoms with E-state index >= 15 is 0 Å². The molecule has 0 saturated carbocycles. The standard InChI is InChI=1S/C24H52OSi/c1-6-8-10-12-14-16-18-20-22-24(26(4,5)25-3)23-21-19-17-15-13-11-9-7-2/h24H,6-23H2,1-5H3. The topological polar surface area (TPSA) is 9.23 Å². The van der Waals surface area contributed by atoms with Gasteiger partial charge in [-0.1, -0.05) is 129 Å². The molecule has 0 aliphatic heterocycles. The Morgan fingerprint density at radius 3 is 1.15 bits per heavy atom. The smallest absolute Gasteiger partial charge is 0.189 e. The normalized spacial score (nSPS) is 12.2. The van der Waals surface area contributed by atoms with E-state index in [9.17, 15) is 0 Å². The van der Waals surface area contributed by atoms with E-state index in [-0.39, 0.29) is 0 Å². The van der Waals surface area contributed by atoms with E-state index < -0.39 is 8.32 Å². The zero-order valence-electron chi connectivity index (χ0n) is 19.2. The van der Waals surface area contributed by atoms with Crippen molar-refractivity contribution in [2.45, 2.75) is 148 Å². The molecule has 0 aromatic carbocycles. The second-order valence-electron chi connectivity index (χ2n) is 9.03. The first-order valence-electron chi connectivity index (χ1n) is 12.1. The van der Waals surface area contributed by atoms with Crippen LogP contribution in [-0.2, 0) is 4.43 Å². The minimum atomic E-state index is -1.48. The molecule has 0 atom stereocenters. The Morgan fingerprint density at radius 2 is 0.846 bits per heavy atom. The van der Waals surface area contributed by atoms with Crippen molar-refractivity contribution in [3.63, 3.8) is 0 Å². The Hall–Kier alpha value is 0.177. The molecule has 1 nitrogen and oxygen atoms in total. The van der Waals surface area contributed by atoms with Crippen molar-refractivity contribution in [1.82, 2.24) is 0 Å². The third-order valence-corrected chi connectivity index (χ3v) is 9.92. The molecule has 0 aromatic rings. The molecule has 0 aliphatic carbocycles. The largest absolute Gasteiger partial charge is 0.420 e. The predicted molar refractivity (Wildman–Crippen MR) is 123 cm³/mol. The van der Waals surface area contributed by atoms with Gasteiger partial charge >= 0.3 is 0 Å². The van der Waals surface area contributed by atoms with Crippen LogP contribution in [0.5, 0.6) is 0 Å². The van der Waals surface area contributed by atoms with Crippen LogP contribution in [0.2, 0.25) is 18.6 Å². The molecule has 0 rings (SSSR count). The minimum Gasteiger partial charge on any atom is -0.420 e. The van der Waals surface area contributed by atoms with Crippen molar-refractivity contribution in [3.05, 3.63) is 0 Å². The molecule has 26 heavy (non-hydrogen) atoms. The van der Waals surface area contributed by atoms with Gasteiger partial charge in [-0.2, -0.15) is 0 Å². The van der Waals surface area contributed by atoms with E-state index in [1.165, 1.54) is 116 Å². The molecule has 0 radical (unpaired) electrons. The summed E-state index contributed by atoms with van der Waals surface area (Å²) in [5.41, 5.74) is 0.868. The van der Waals surface area contributed by atoms with Gasteiger partial charge < -0.3 is 4.43 Å². The Bertz CT molecular complexity index is 257. The maximum Gasteiger partial charge on any atom is 0.189 e. The number of hydrogen-bond acceptors (Lipinski definition) is 1. The molecule has 2 heteroatoms. The SMILES string of the molecule is CCCCCCCCCCC(CCCCCCCCCC)[Si](C)(C)OC. The highest BCUT2D eigenvalue weighted by Crippen LogP contribution is 2.33. The van der Waals surface area contributed by atoms with E-state index in [1.807, 2.05) is 7.11 Å². The van der Waals surface area contributed by atoms with E-state index in [0.717, 1.165) is 5.54 Å². The maximum atomic E-state index is 5.98. The van der Waals surface area contributed by atoms with Gasteiger partial charge in [0.25, 0.3) is 0 Å². The minimum absolute atomic E-state index is 0.868. The zero-order chi connectivity index (χ0) is 19.5. The van der Waals surface area contributed by atoms with Crippen molar-refractivity contribution >= 4 is 8.32 Å². The van der Waals surface area contributed by atoms with E-state index in [2.05, 4.69) is 26.9 Å². The Balaban J connectivity index is 3.82.